The normalized spacial score (nSPS) is 22.6. The first-order valence-corrected chi connectivity index (χ1v) is 10.9. The third-order valence-corrected chi connectivity index (χ3v) is 6.84. The molecule has 2 aliphatic rings. The van der Waals surface area contributed by atoms with Gasteiger partial charge in [-0.25, -0.2) is 13.1 Å². The molecule has 2 fully saturated rings. The van der Waals surface area contributed by atoms with Gasteiger partial charge in [0.05, 0.1) is 18.0 Å². The molecule has 0 unspecified atom stereocenters. The molecule has 8 heteroatoms. The van der Waals surface area contributed by atoms with Gasteiger partial charge in [0, 0.05) is 25.7 Å². The molecule has 0 heterocycles. The van der Waals surface area contributed by atoms with Crippen molar-refractivity contribution < 1.29 is 23.1 Å². The number of carboxylic acid groups (broad SMARTS) is 1. The number of rotatable bonds is 11. The number of nitrogens with one attached hydrogen (secondary N) is 1. The molecule has 0 spiro atoms. The molecular formula is C19H28N2O5S. The number of methoxy groups -OCH3 is 1. The number of nitrogens with zero attached hydrogens (tertiary/aromatic N) is 1. The summed E-state index contributed by atoms with van der Waals surface area (Å²) in [6.45, 7) is 1.43. The summed E-state index contributed by atoms with van der Waals surface area (Å²) in [7, 11) is -1.92. The first kappa shape index (κ1) is 20.3. The fraction of sp³-hybridized carbons (Fsp3) is 0.632. The Hall–Kier alpha value is -1.48. The van der Waals surface area contributed by atoms with Gasteiger partial charge in [-0.15, -0.1) is 0 Å². The lowest BCUT2D eigenvalue weighted by atomic mass is 9.86. The van der Waals surface area contributed by atoms with Crippen molar-refractivity contribution in [1.29, 1.82) is 0 Å². The quantitative estimate of drug-likeness (QED) is 0.588. The summed E-state index contributed by atoms with van der Waals surface area (Å²) in [6.07, 6.45) is 4.39. The topological polar surface area (TPSA) is 95.9 Å². The lowest BCUT2D eigenvalue weighted by Gasteiger charge is -2.42. The van der Waals surface area contributed by atoms with E-state index in [2.05, 4.69) is 4.72 Å². The molecule has 0 bridgehead atoms. The fourth-order valence-corrected chi connectivity index (χ4v) is 4.74. The fourth-order valence-electron chi connectivity index (χ4n) is 3.47. The second-order valence-corrected chi connectivity index (χ2v) is 9.31. The van der Waals surface area contributed by atoms with Gasteiger partial charge in [-0.2, -0.15) is 0 Å². The largest absolute Gasteiger partial charge is 0.480 e. The van der Waals surface area contributed by atoms with E-state index < -0.39 is 16.0 Å². The van der Waals surface area contributed by atoms with E-state index >= 15 is 0 Å². The Morgan fingerprint density at radius 1 is 1.26 bits per heavy atom. The van der Waals surface area contributed by atoms with Crippen LogP contribution in [-0.2, 0) is 26.0 Å². The summed E-state index contributed by atoms with van der Waals surface area (Å²) >= 11 is 0. The predicted octanol–water partition coefficient (Wildman–Crippen LogP) is 1.48. The van der Waals surface area contributed by atoms with Gasteiger partial charge >= 0.3 is 5.97 Å². The molecule has 0 radical (unpaired) electrons. The van der Waals surface area contributed by atoms with E-state index in [1.165, 1.54) is 12.8 Å². The Labute approximate surface area is 160 Å². The third kappa shape index (κ3) is 5.75. The lowest BCUT2D eigenvalue weighted by molar-refractivity contribution is -0.139. The van der Waals surface area contributed by atoms with Crippen LogP contribution in [0.5, 0.6) is 0 Å². The SMILES string of the molecule is COCCc1ccc(S(=O)(=O)NC2CC(N(CC(=O)O)CC3CC3)C2)cc1. The van der Waals surface area contributed by atoms with Crippen molar-refractivity contribution in [2.24, 2.45) is 5.92 Å². The Kier molecular flexibility index (Phi) is 6.52. The molecule has 2 N–H and O–H groups in total. The minimum atomic E-state index is -3.56. The van der Waals surface area contributed by atoms with E-state index in [-0.39, 0.29) is 23.5 Å². The van der Waals surface area contributed by atoms with Gasteiger partial charge < -0.3 is 9.84 Å². The minimum Gasteiger partial charge on any atom is -0.480 e. The van der Waals surface area contributed by atoms with Gasteiger partial charge in [-0.1, -0.05) is 12.1 Å². The number of hydrogen-bond acceptors (Lipinski definition) is 5. The van der Waals surface area contributed by atoms with Crippen LogP contribution < -0.4 is 4.72 Å². The van der Waals surface area contributed by atoms with Crippen LogP contribution in [0.2, 0.25) is 0 Å². The maximum atomic E-state index is 12.6. The van der Waals surface area contributed by atoms with Gasteiger partial charge in [0.15, 0.2) is 0 Å². The van der Waals surface area contributed by atoms with Crippen LogP contribution in [0.1, 0.15) is 31.2 Å². The van der Waals surface area contributed by atoms with Crippen LogP contribution in [0.15, 0.2) is 29.2 Å². The highest BCUT2D eigenvalue weighted by molar-refractivity contribution is 7.89. The van der Waals surface area contributed by atoms with Gasteiger partial charge in [0.1, 0.15) is 0 Å². The second-order valence-electron chi connectivity index (χ2n) is 7.60. The summed E-state index contributed by atoms with van der Waals surface area (Å²) in [5.41, 5.74) is 1.03. The highest BCUT2D eigenvalue weighted by atomic mass is 32.2. The van der Waals surface area contributed by atoms with Crippen molar-refractivity contribution in [3.8, 4) is 0 Å². The zero-order valence-electron chi connectivity index (χ0n) is 15.6. The van der Waals surface area contributed by atoms with Gasteiger partial charge in [0.25, 0.3) is 0 Å². The van der Waals surface area contributed by atoms with E-state index in [0.29, 0.717) is 25.4 Å². The van der Waals surface area contributed by atoms with Crippen LogP contribution in [0, 0.1) is 5.92 Å². The standard InChI is InChI=1S/C19H28N2O5S/c1-26-9-8-14-4-6-18(7-5-14)27(24,25)20-16-10-17(11-16)21(13-19(22)23)12-15-2-3-15/h4-7,15-17,20H,2-3,8-13H2,1H3,(H,22,23). The van der Waals surface area contributed by atoms with Crippen LogP contribution in [-0.4, -0.2) is 63.3 Å². The van der Waals surface area contributed by atoms with Crippen molar-refractivity contribution in [2.75, 3.05) is 26.8 Å². The first-order chi connectivity index (χ1) is 12.9. The molecule has 7 nitrogen and oxygen atoms in total. The van der Waals surface area contributed by atoms with Gasteiger partial charge in [0.2, 0.25) is 10.0 Å². The molecule has 27 heavy (non-hydrogen) atoms. The summed E-state index contributed by atoms with van der Waals surface area (Å²) in [5, 5.41) is 9.10. The lowest BCUT2D eigenvalue weighted by Crippen LogP contribution is -2.55. The molecule has 2 aliphatic carbocycles. The zero-order chi connectivity index (χ0) is 19.4. The van der Waals surface area contributed by atoms with Crippen LogP contribution in [0.25, 0.3) is 0 Å². The number of carbonyl (C=O) groups is 1. The maximum absolute atomic E-state index is 12.6. The summed E-state index contributed by atoms with van der Waals surface area (Å²) in [5.74, 6) is -0.218. The highest BCUT2D eigenvalue weighted by Crippen LogP contribution is 2.34. The molecule has 1 aromatic rings. The van der Waals surface area contributed by atoms with E-state index in [9.17, 15) is 13.2 Å². The number of aliphatic carboxylic acids is 1. The Balaban J connectivity index is 1.52. The maximum Gasteiger partial charge on any atom is 0.317 e. The van der Waals surface area contributed by atoms with E-state index in [4.69, 9.17) is 9.84 Å². The smallest absolute Gasteiger partial charge is 0.317 e. The number of sulfonamides is 1. The van der Waals surface area contributed by atoms with Crippen LogP contribution in [0.3, 0.4) is 0 Å². The van der Waals surface area contributed by atoms with Crippen LogP contribution >= 0.6 is 0 Å². The van der Waals surface area contributed by atoms with E-state index in [0.717, 1.165) is 18.5 Å². The average Bonchev–Trinajstić information content (AvgIpc) is 3.39. The summed E-state index contributed by atoms with van der Waals surface area (Å²) in [6, 6.07) is 6.86. The molecular weight excluding hydrogens is 368 g/mol. The highest BCUT2D eigenvalue weighted by Gasteiger charge is 2.38. The second kappa shape index (κ2) is 8.68. The summed E-state index contributed by atoms with van der Waals surface area (Å²) in [4.78, 5) is 13.3. The number of hydrogen-bond donors (Lipinski definition) is 2. The molecule has 2 saturated carbocycles. The number of carboxylic acids is 1. The zero-order valence-corrected chi connectivity index (χ0v) is 16.5. The molecule has 0 atom stereocenters. The molecule has 0 aromatic heterocycles. The van der Waals surface area contributed by atoms with Gasteiger partial charge in [-0.05, 0) is 55.7 Å². The Morgan fingerprint density at radius 3 is 2.48 bits per heavy atom. The first-order valence-electron chi connectivity index (χ1n) is 9.43. The predicted molar refractivity (Wildman–Crippen MR) is 101 cm³/mol. The van der Waals surface area contributed by atoms with Crippen molar-refractivity contribution in [3.05, 3.63) is 29.8 Å². The van der Waals surface area contributed by atoms with Gasteiger partial charge in [-0.3, -0.25) is 9.69 Å². The molecule has 150 valence electrons. The van der Waals surface area contributed by atoms with E-state index in [1.54, 1.807) is 31.4 Å². The Morgan fingerprint density at radius 2 is 1.93 bits per heavy atom. The average molecular weight is 397 g/mol. The van der Waals surface area contributed by atoms with Crippen molar-refractivity contribution >= 4 is 16.0 Å². The molecule has 3 rings (SSSR count). The minimum absolute atomic E-state index is 0.0313. The molecule has 0 amide bonds. The number of ether oxygens (including phenoxy) is 1. The molecule has 0 aliphatic heterocycles. The third-order valence-electron chi connectivity index (χ3n) is 5.31. The monoisotopic (exact) mass is 396 g/mol. The van der Waals surface area contributed by atoms with Crippen molar-refractivity contribution in [3.63, 3.8) is 0 Å². The van der Waals surface area contributed by atoms with Crippen molar-refractivity contribution in [2.45, 2.75) is 49.1 Å². The van der Waals surface area contributed by atoms with Crippen molar-refractivity contribution in [1.82, 2.24) is 9.62 Å². The summed E-state index contributed by atoms with van der Waals surface area (Å²) < 4.78 is 32.9. The molecule has 1 aromatic carbocycles. The molecule has 0 saturated heterocycles. The Bertz CT molecular complexity index is 740. The number of benzene rings is 1. The van der Waals surface area contributed by atoms with Crippen LogP contribution in [0.4, 0.5) is 0 Å². The van der Waals surface area contributed by atoms with E-state index in [1.807, 2.05) is 4.90 Å².